The molecule has 2 aromatic rings. The van der Waals surface area contributed by atoms with Gasteiger partial charge in [0.25, 0.3) is 0 Å². The lowest BCUT2D eigenvalue weighted by Crippen LogP contribution is -2.36. The largest absolute Gasteiger partial charge is 0.308 e. The Morgan fingerprint density at radius 1 is 0.895 bits per heavy atom. The van der Waals surface area contributed by atoms with Gasteiger partial charge in [-0.1, -0.05) is 67.6 Å². The van der Waals surface area contributed by atoms with E-state index in [1.165, 1.54) is 11.1 Å². The zero-order valence-electron chi connectivity index (χ0n) is 11.1. The molecule has 0 spiro atoms. The summed E-state index contributed by atoms with van der Waals surface area (Å²) in [7, 11) is 0. The minimum atomic E-state index is 0.407. The van der Waals surface area contributed by atoms with Gasteiger partial charge in [-0.3, -0.25) is 0 Å². The Bertz CT molecular complexity index is 511. The van der Waals surface area contributed by atoms with Crippen molar-refractivity contribution in [3.05, 3.63) is 71.8 Å². The van der Waals surface area contributed by atoms with Crippen LogP contribution in [0.4, 0.5) is 0 Å². The fourth-order valence-corrected chi connectivity index (χ4v) is 4.06. The second-order valence-corrected chi connectivity index (χ2v) is 6.66. The molecule has 0 amide bonds. The van der Waals surface area contributed by atoms with E-state index in [0.29, 0.717) is 16.5 Å². The molecule has 2 aromatic carbocycles. The number of thioether (sulfide) groups is 1. The summed E-state index contributed by atoms with van der Waals surface area (Å²) < 4.78 is 0. The van der Waals surface area contributed by atoms with Crippen LogP contribution in [0.1, 0.15) is 29.3 Å². The molecule has 1 aliphatic heterocycles. The molecule has 0 saturated carbocycles. The lowest BCUT2D eigenvalue weighted by molar-refractivity contribution is 0.503. The zero-order valence-corrected chi connectivity index (χ0v) is 11.9. The average molecular weight is 269 g/mol. The van der Waals surface area contributed by atoms with Crippen molar-refractivity contribution in [2.75, 3.05) is 6.54 Å². The third-order valence-corrected chi connectivity index (χ3v) is 5.06. The van der Waals surface area contributed by atoms with Crippen LogP contribution in [0.3, 0.4) is 0 Å². The van der Waals surface area contributed by atoms with Gasteiger partial charge in [0.2, 0.25) is 0 Å². The Morgan fingerprint density at radius 3 is 2.11 bits per heavy atom. The van der Waals surface area contributed by atoms with Crippen molar-refractivity contribution in [1.82, 2.24) is 5.32 Å². The van der Waals surface area contributed by atoms with E-state index >= 15 is 0 Å². The molecule has 0 radical (unpaired) electrons. The summed E-state index contributed by atoms with van der Waals surface area (Å²) in [6, 6.07) is 22.0. The predicted molar refractivity (Wildman–Crippen MR) is 83.4 cm³/mol. The Morgan fingerprint density at radius 2 is 1.47 bits per heavy atom. The Balaban J connectivity index is 1.93. The first-order valence-corrected chi connectivity index (χ1v) is 7.77. The molecule has 2 heteroatoms. The Labute approximate surface area is 119 Å². The topological polar surface area (TPSA) is 12.0 Å². The van der Waals surface area contributed by atoms with Crippen molar-refractivity contribution in [3.63, 3.8) is 0 Å². The first-order valence-electron chi connectivity index (χ1n) is 6.83. The summed E-state index contributed by atoms with van der Waals surface area (Å²) in [4.78, 5) is 0. The highest BCUT2D eigenvalue weighted by Crippen LogP contribution is 2.44. The van der Waals surface area contributed by atoms with Gasteiger partial charge in [0.05, 0.1) is 0 Å². The maximum Gasteiger partial charge on any atom is 0.0495 e. The van der Waals surface area contributed by atoms with Crippen LogP contribution in [0.5, 0.6) is 0 Å². The third-order valence-electron chi connectivity index (χ3n) is 3.59. The summed E-state index contributed by atoms with van der Waals surface area (Å²) in [5.41, 5.74) is 2.80. The molecule has 0 aliphatic carbocycles. The van der Waals surface area contributed by atoms with Crippen molar-refractivity contribution in [1.29, 1.82) is 0 Å². The number of rotatable bonds is 2. The van der Waals surface area contributed by atoms with Gasteiger partial charge in [0.1, 0.15) is 0 Å². The normalized spacial score (nSPS) is 27.1. The molecule has 1 nitrogen and oxygen atoms in total. The van der Waals surface area contributed by atoms with Crippen molar-refractivity contribution in [2.24, 2.45) is 0 Å². The van der Waals surface area contributed by atoms with Crippen LogP contribution in [0.2, 0.25) is 0 Å². The maximum absolute atomic E-state index is 3.71. The van der Waals surface area contributed by atoms with E-state index in [9.17, 15) is 0 Å². The van der Waals surface area contributed by atoms with Crippen molar-refractivity contribution in [3.8, 4) is 0 Å². The van der Waals surface area contributed by atoms with E-state index in [1.807, 2.05) is 0 Å². The molecule has 1 saturated heterocycles. The molecule has 1 heterocycles. The third kappa shape index (κ3) is 2.85. The average Bonchev–Trinajstić information content (AvgIpc) is 2.49. The van der Waals surface area contributed by atoms with Gasteiger partial charge in [-0.25, -0.2) is 0 Å². The molecule has 1 N–H and O–H groups in total. The molecular weight excluding hydrogens is 250 g/mol. The van der Waals surface area contributed by atoms with Crippen LogP contribution in [-0.4, -0.2) is 11.8 Å². The summed E-state index contributed by atoms with van der Waals surface area (Å²) >= 11 is 2.08. The first kappa shape index (κ1) is 12.8. The number of benzene rings is 2. The number of hydrogen-bond acceptors (Lipinski definition) is 2. The van der Waals surface area contributed by atoms with Crippen LogP contribution < -0.4 is 5.32 Å². The molecule has 1 aliphatic rings. The Hall–Kier alpha value is -1.25. The predicted octanol–water partition coefficient (Wildman–Crippen LogP) is 4.19. The van der Waals surface area contributed by atoms with Gasteiger partial charge in [0, 0.05) is 23.1 Å². The van der Waals surface area contributed by atoms with E-state index < -0.39 is 0 Å². The van der Waals surface area contributed by atoms with Gasteiger partial charge in [-0.05, 0) is 11.1 Å². The molecule has 3 atom stereocenters. The van der Waals surface area contributed by atoms with Crippen LogP contribution in [0.25, 0.3) is 0 Å². The van der Waals surface area contributed by atoms with Gasteiger partial charge in [-0.15, -0.1) is 11.8 Å². The standard InChI is InChI=1S/C17H19NS/c1-13-12-18-16(14-8-4-2-5-9-14)17(19-13)15-10-6-3-7-11-15/h2-11,13,16-18H,12H2,1H3. The molecule has 19 heavy (non-hydrogen) atoms. The quantitative estimate of drug-likeness (QED) is 0.877. The van der Waals surface area contributed by atoms with Crippen LogP contribution >= 0.6 is 11.8 Å². The molecule has 3 rings (SSSR count). The van der Waals surface area contributed by atoms with E-state index in [1.54, 1.807) is 0 Å². The second-order valence-electron chi connectivity index (χ2n) is 5.07. The summed E-state index contributed by atoms with van der Waals surface area (Å²) in [5.74, 6) is 0. The number of hydrogen-bond donors (Lipinski definition) is 1. The van der Waals surface area contributed by atoms with Gasteiger partial charge < -0.3 is 5.32 Å². The highest BCUT2D eigenvalue weighted by atomic mass is 32.2. The summed E-state index contributed by atoms with van der Waals surface area (Å²) in [5, 5.41) is 4.86. The van der Waals surface area contributed by atoms with Crippen LogP contribution in [-0.2, 0) is 0 Å². The fraction of sp³-hybridized carbons (Fsp3) is 0.294. The van der Waals surface area contributed by atoms with Crippen LogP contribution in [0.15, 0.2) is 60.7 Å². The van der Waals surface area contributed by atoms with E-state index in [0.717, 1.165) is 6.54 Å². The van der Waals surface area contributed by atoms with Crippen LogP contribution in [0, 0.1) is 0 Å². The van der Waals surface area contributed by atoms with Crippen molar-refractivity contribution < 1.29 is 0 Å². The SMILES string of the molecule is CC1CNC(c2ccccc2)C(c2ccccc2)S1. The van der Waals surface area contributed by atoms with E-state index in [4.69, 9.17) is 0 Å². The molecule has 0 bridgehead atoms. The van der Waals surface area contributed by atoms with Crippen molar-refractivity contribution in [2.45, 2.75) is 23.5 Å². The molecule has 98 valence electrons. The minimum absolute atomic E-state index is 0.407. The van der Waals surface area contributed by atoms with E-state index in [-0.39, 0.29) is 0 Å². The van der Waals surface area contributed by atoms with E-state index in [2.05, 4.69) is 84.7 Å². The Kier molecular flexibility index (Phi) is 3.90. The summed E-state index contributed by atoms with van der Waals surface area (Å²) in [6.45, 7) is 3.38. The number of nitrogens with one attached hydrogen (secondary N) is 1. The minimum Gasteiger partial charge on any atom is -0.308 e. The lowest BCUT2D eigenvalue weighted by atomic mass is 9.97. The van der Waals surface area contributed by atoms with Gasteiger partial charge in [-0.2, -0.15) is 0 Å². The fourth-order valence-electron chi connectivity index (χ4n) is 2.64. The van der Waals surface area contributed by atoms with Crippen molar-refractivity contribution >= 4 is 11.8 Å². The monoisotopic (exact) mass is 269 g/mol. The molecule has 1 fully saturated rings. The molecule has 0 aromatic heterocycles. The highest BCUT2D eigenvalue weighted by molar-refractivity contribution is 8.00. The lowest BCUT2D eigenvalue weighted by Gasteiger charge is -2.36. The molecule has 3 unspecified atom stereocenters. The second kappa shape index (κ2) is 5.81. The van der Waals surface area contributed by atoms with Gasteiger partial charge in [0.15, 0.2) is 0 Å². The summed E-state index contributed by atoms with van der Waals surface area (Å²) in [6.07, 6.45) is 0. The zero-order chi connectivity index (χ0) is 13.1. The van der Waals surface area contributed by atoms with Gasteiger partial charge >= 0.3 is 0 Å². The molecular formula is C17H19NS. The smallest absolute Gasteiger partial charge is 0.0495 e. The maximum atomic E-state index is 3.71. The highest BCUT2D eigenvalue weighted by Gasteiger charge is 2.30. The first-order chi connectivity index (χ1) is 9.34.